The molecule has 168 valence electrons. The van der Waals surface area contributed by atoms with Gasteiger partial charge in [0.2, 0.25) is 11.7 Å². The predicted octanol–water partition coefficient (Wildman–Crippen LogP) is 2.90. The number of nitrogens with one attached hydrogen (secondary N) is 1. The Bertz CT molecular complexity index is 1160. The van der Waals surface area contributed by atoms with E-state index in [-0.39, 0.29) is 23.8 Å². The van der Waals surface area contributed by atoms with Crippen molar-refractivity contribution in [2.75, 3.05) is 34.4 Å². The molecular weight excluding hydrogens is 410 g/mol. The summed E-state index contributed by atoms with van der Waals surface area (Å²) < 4.78 is 16.2. The van der Waals surface area contributed by atoms with E-state index in [1.54, 1.807) is 39.7 Å². The summed E-state index contributed by atoms with van der Waals surface area (Å²) in [6.45, 7) is 1.25. The number of likely N-dealkylation sites (tertiary alicyclic amines) is 1. The number of benzene rings is 1. The van der Waals surface area contributed by atoms with Crippen molar-refractivity contribution >= 4 is 16.8 Å². The van der Waals surface area contributed by atoms with E-state index in [4.69, 9.17) is 14.2 Å². The number of ether oxygens (including phenoxy) is 3. The van der Waals surface area contributed by atoms with Crippen LogP contribution in [0.2, 0.25) is 0 Å². The zero-order chi connectivity index (χ0) is 22.7. The second-order valence-corrected chi connectivity index (χ2v) is 7.88. The highest BCUT2D eigenvalue weighted by Crippen LogP contribution is 2.38. The Balaban J connectivity index is 1.53. The van der Waals surface area contributed by atoms with Crippen LogP contribution in [0.4, 0.5) is 0 Å². The highest BCUT2D eigenvalue weighted by molar-refractivity contribution is 5.80. The molecule has 1 N–H and O–H groups in total. The van der Waals surface area contributed by atoms with Crippen LogP contribution < -0.4 is 19.8 Å². The molecule has 8 heteroatoms. The molecule has 1 aromatic carbocycles. The first-order valence-electron chi connectivity index (χ1n) is 10.6. The minimum atomic E-state index is -0.195. The Kier molecular flexibility index (Phi) is 6.30. The van der Waals surface area contributed by atoms with Gasteiger partial charge in [-0.05, 0) is 42.7 Å². The van der Waals surface area contributed by atoms with Crippen molar-refractivity contribution < 1.29 is 19.0 Å². The molecule has 1 saturated heterocycles. The van der Waals surface area contributed by atoms with Crippen LogP contribution in [0.3, 0.4) is 0 Å². The fraction of sp³-hybridized carbons (Fsp3) is 0.375. The first-order chi connectivity index (χ1) is 15.5. The number of aromatic nitrogens is 2. The molecule has 1 aliphatic heterocycles. The molecule has 4 rings (SSSR count). The lowest BCUT2D eigenvalue weighted by molar-refractivity contribution is -0.131. The standard InChI is InChI=1S/C24H27N3O5/c1-30-19-10-15(11-20(31-2)23(19)32-3)12-21(28)27-9-5-7-17(14-27)18-13-16-6-4-8-25-22(16)24(29)26-18/h4,6,8,10-11,13,17H,5,7,9,12,14H2,1-3H3,(H,26,29)/t17-/m0/s1. The summed E-state index contributed by atoms with van der Waals surface area (Å²) in [6.07, 6.45) is 3.62. The van der Waals surface area contributed by atoms with Crippen LogP contribution in [-0.2, 0) is 11.2 Å². The third-order valence-electron chi connectivity index (χ3n) is 5.92. The summed E-state index contributed by atoms with van der Waals surface area (Å²) in [6, 6.07) is 9.28. The van der Waals surface area contributed by atoms with Crippen molar-refractivity contribution in [3.05, 3.63) is 58.1 Å². The van der Waals surface area contributed by atoms with Crippen molar-refractivity contribution in [2.45, 2.75) is 25.2 Å². The Morgan fingerprint density at radius 3 is 2.59 bits per heavy atom. The van der Waals surface area contributed by atoms with Crippen LogP contribution in [-0.4, -0.2) is 55.2 Å². The average molecular weight is 437 g/mol. The zero-order valence-electron chi connectivity index (χ0n) is 18.5. The van der Waals surface area contributed by atoms with Crippen LogP contribution in [0.1, 0.15) is 30.0 Å². The van der Waals surface area contributed by atoms with Crippen LogP contribution in [0.15, 0.2) is 41.3 Å². The van der Waals surface area contributed by atoms with E-state index in [1.807, 2.05) is 23.1 Å². The number of carbonyl (C=O) groups excluding carboxylic acids is 1. The van der Waals surface area contributed by atoms with Gasteiger partial charge >= 0.3 is 0 Å². The molecule has 32 heavy (non-hydrogen) atoms. The summed E-state index contributed by atoms with van der Waals surface area (Å²) in [5.41, 5.74) is 1.87. The highest BCUT2D eigenvalue weighted by Gasteiger charge is 2.26. The van der Waals surface area contributed by atoms with Gasteiger partial charge in [-0.15, -0.1) is 0 Å². The van der Waals surface area contributed by atoms with E-state index in [9.17, 15) is 9.59 Å². The van der Waals surface area contributed by atoms with Crippen molar-refractivity contribution in [2.24, 2.45) is 0 Å². The molecule has 0 bridgehead atoms. The first-order valence-corrected chi connectivity index (χ1v) is 10.6. The number of hydrogen-bond acceptors (Lipinski definition) is 6. The van der Waals surface area contributed by atoms with Gasteiger partial charge in [0, 0.05) is 36.3 Å². The fourth-order valence-electron chi connectivity index (χ4n) is 4.32. The Labute approximate surface area is 186 Å². The number of aromatic amines is 1. The number of carbonyl (C=O) groups is 1. The molecule has 0 unspecified atom stereocenters. The lowest BCUT2D eigenvalue weighted by Crippen LogP contribution is -2.40. The molecule has 1 amide bonds. The average Bonchev–Trinajstić information content (AvgIpc) is 2.83. The Morgan fingerprint density at radius 2 is 1.91 bits per heavy atom. The van der Waals surface area contributed by atoms with Crippen molar-refractivity contribution in [1.82, 2.24) is 14.9 Å². The lowest BCUT2D eigenvalue weighted by atomic mass is 9.93. The topological polar surface area (TPSA) is 93.8 Å². The van der Waals surface area contributed by atoms with Gasteiger partial charge in [-0.1, -0.05) is 6.07 Å². The van der Waals surface area contributed by atoms with Crippen molar-refractivity contribution in [3.63, 3.8) is 0 Å². The van der Waals surface area contributed by atoms with E-state index >= 15 is 0 Å². The first kappa shape index (κ1) is 21.7. The molecule has 1 atom stereocenters. The molecular formula is C24H27N3O5. The monoisotopic (exact) mass is 437 g/mol. The number of nitrogens with zero attached hydrogens (tertiary/aromatic N) is 2. The molecule has 1 aliphatic rings. The molecule has 2 aromatic heterocycles. The number of methoxy groups -OCH3 is 3. The van der Waals surface area contributed by atoms with Crippen LogP contribution in [0.5, 0.6) is 17.2 Å². The molecule has 1 fully saturated rings. The van der Waals surface area contributed by atoms with Crippen LogP contribution >= 0.6 is 0 Å². The predicted molar refractivity (Wildman–Crippen MR) is 121 cm³/mol. The molecule has 0 aliphatic carbocycles. The van der Waals surface area contributed by atoms with E-state index in [0.717, 1.165) is 29.5 Å². The number of rotatable bonds is 6. The summed E-state index contributed by atoms with van der Waals surface area (Å²) in [4.78, 5) is 34.5. The number of hydrogen-bond donors (Lipinski definition) is 1. The highest BCUT2D eigenvalue weighted by atomic mass is 16.5. The SMILES string of the molecule is COc1cc(CC(=O)N2CCC[C@H](c3cc4cccnc4c(=O)[nH]3)C2)cc(OC)c1OC. The quantitative estimate of drug-likeness (QED) is 0.637. The van der Waals surface area contributed by atoms with E-state index in [0.29, 0.717) is 35.9 Å². The summed E-state index contributed by atoms with van der Waals surface area (Å²) in [7, 11) is 4.65. The van der Waals surface area contributed by atoms with E-state index in [2.05, 4.69) is 9.97 Å². The number of amides is 1. The molecule has 0 saturated carbocycles. The zero-order valence-corrected chi connectivity index (χ0v) is 18.5. The van der Waals surface area contributed by atoms with E-state index < -0.39 is 0 Å². The summed E-state index contributed by atoms with van der Waals surface area (Å²) in [5.74, 6) is 1.64. The minimum Gasteiger partial charge on any atom is -0.493 e. The van der Waals surface area contributed by atoms with Crippen molar-refractivity contribution in [3.8, 4) is 17.2 Å². The van der Waals surface area contributed by atoms with Gasteiger partial charge in [0.15, 0.2) is 11.5 Å². The minimum absolute atomic E-state index is 0.0220. The third-order valence-corrected chi connectivity index (χ3v) is 5.92. The smallest absolute Gasteiger partial charge is 0.274 e. The molecule has 0 radical (unpaired) electrons. The normalized spacial score (nSPS) is 16.1. The number of pyridine rings is 2. The molecule has 3 heterocycles. The van der Waals surface area contributed by atoms with Gasteiger partial charge in [0.05, 0.1) is 27.8 Å². The fourth-order valence-corrected chi connectivity index (χ4v) is 4.32. The number of piperidine rings is 1. The third kappa shape index (κ3) is 4.26. The van der Waals surface area contributed by atoms with Gasteiger partial charge in [-0.2, -0.15) is 0 Å². The van der Waals surface area contributed by atoms with E-state index in [1.165, 1.54) is 0 Å². The van der Waals surface area contributed by atoms with Crippen molar-refractivity contribution in [1.29, 1.82) is 0 Å². The van der Waals surface area contributed by atoms with Gasteiger partial charge in [-0.3, -0.25) is 14.6 Å². The van der Waals surface area contributed by atoms with Gasteiger partial charge in [0.25, 0.3) is 5.56 Å². The Hall–Kier alpha value is -3.55. The number of fused-ring (bicyclic) bond motifs is 1. The van der Waals surface area contributed by atoms with Gasteiger partial charge in [-0.25, -0.2) is 0 Å². The molecule has 3 aromatic rings. The van der Waals surface area contributed by atoms with Gasteiger partial charge < -0.3 is 24.1 Å². The van der Waals surface area contributed by atoms with Crippen LogP contribution in [0, 0.1) is 0 Å². The lowest BCUT2D eigenvalue weighted by Gasteiger charge is -2.33. The summed E-state index contributed by atoms with van der Waals surface area (Å²) in [5, 5.41) is 0.812. The maximum atomic E-state index is 13.1. The Morgan fingerprint density at radius 1 is 1.16 bits per heavy atom. The second kappa shape index (κ2) is 9.30. The maximum Gasteiger partial charge on any atom is 0.274 e. The second-order valence-electron chi connectivity index (χ2n) is 7.88. The summed E-state index contributed by atoms with van der Waals surface area (Å²) >= 11 is 0. The molecule has 8 nitrogen and oxygen atoms in total. The van der Waals surface area contributed by atoms with Crippen LogP contribution in [0.25, 0.3) is 10.9 Å². The van der Waals surface area contributed by atoms with Gasteiger partial charge in [0.1, 0.15) is 5.52 Å². The number of H-pyrrole nitrogens is 1. The molecule has 0 spiro atoms. The largest absolute Gasteiger partial charge is 0.493 e. The maximum absolute atomic E-state index is 13.1.